The zero-order valence-electron chi connectivity index (χ0n) is 26.5. The van der Waals surface area contributed by atoms with Gasteiger partial charge in [0.25, 0.3) is 0 Å². The molecule has 6 aromatic rings. The molecule has 0 N–H and O–H groups in total. The minimum Gasteiger partial charge on any atom is -0.494 e. The van der Waals surface area contributed by atoms with E-state index >= 15 is 0 Å². The molecule has 0 amide bonds. The van der Waals surface area contributed by atoms with Crippen molar-refractivity contribution in [3.8, 4) is 5.75 Å². The van der Waals surface area contributed by atoms with Crippen molar-refractivity contribution in [2.45, 2.75) is 37.2 Å². The smallest absolute Gasteiger partial charge is 0.119 e. The minimum absolute atomic E-state index is 0.264. The Morgan fingerprint density at radius 2 is 1.27 bits per heavy atom. The molecule has 0 spiro atoms. The minimum atomic E-state index is -0.881. The maximum absolute atomic E-state index is 6.07. The van der Waals surface area contributed by atoms with Crippen LogP contribution in [-0.2, 0) is 5.16 Å². The fraction of sp³-hybridized carbons (Fsp3) is 0.175. The number of aromatic nitrogens is 2. The molecule has 0 bridgehead atoms. The fourth-order valence-corrected chi connectivity index (χ4v) is 8.33. The average molecular weight is 607 g/mol. The number of hydrogen-bond acceptors (Lipinski definition) is 2. The van der Waals surface area contributed by atoms with E-state index < -0.39 is 9.52 Å². The lowest BCUT2D eigenvalue weighted by atomic mass is 9.76. The zero-order valence-corrected chi connectivity index (χ0v) is 27.9. The molecule has 0 aliphatic carbocycles. The van der Waals surface area contributed by atoms with Gasteiger partial charge in [-0.05, 0) is 46.6 Å². The lowest BCUT2D eigenvalue weighted by Crippen LogP contribution is -2.46. The van der Waals surface area contributed by atoms with E-state index in [0.29, 0.717) is 5.82 Å². The fourth-order valence-electron chi connectivity index (χ4n) is 5.93. The van der Waals surface area contributed by atoms with Gasteiger partial charge in [-0.15, -0.1) is 0 Å². The molecule has 5 aromatic carbocycles. The Morgan fingerprint density at radius 1 is 0.711 bits per heavy atom. The summed E-state index contributed by atoms with van der Waals surface area (Å²) in [5, 5.41) is 1.11. The summed E-state index contributed by atoms with van der Waals surface area (Å²) >= 11 is 0. The molecule has 0 aliphatic rings. The molecule has 45 heavy (non-hydrogen) atoms. The van der Waals surface area contributed by atoms with Crippen LogP contribution in [0.1, 0.15) is 54.3 Å². The normalized spacial score (nSPS) is 11.3. The molecule has 226 valence electrons. The molecule has 0 saturated heterocycles. The number of nitrogens with zero attached hydrogens (tertiary/aromatic N) is 2. The van der Waals surface area contributed by atoms with Gasteiger partial charge in [0.05, 0.1) is 27.6 Å². The Kier molecular flexibility index (Phi) is 11.6. The molecule has 0 saturated carbocycles. The molecule has 6 rings (SSSR count). The molecule has 0 unspecified atom stereocenters. The Balaban J connectivity index is 0.000000238. The van der Waals surface area contributed by atoms with Crippen molar-refractivity contribution in [3.05, 3.63) is 187 Å². The van der Waals surface area contributed by atoms with E-state index in [4.69, 9.17) is 4.74 Å². The Labute approximate surface area is 272 Å². The molecule has 1 heterocycles. The maximum atomic E-state index is 6.07. The van der Waals surface area contributed by atoms with E-state index in [1.807, 2.05) is 12.5 Å². The molecule has 5 heteroatoms. The first-order chi connectivity index (χ1) is 22.2. The molecule has 0 radical (unpaired) electrons. The highest BCUT2D eigenvalue weighted by atomic mass is 28.2. The second-order valence-electron chi connectivity index (χ2n) is 11.5. The first kappa shape index (κ1) is 31.8. The van der Waals surface area contributed by atoms with E-state index in [1.54, 1.807) is 0 Å². The number of imidazole rings is 1. The van der Waals surface area contributed by atoms with Gasteiger partial charge in [0, 0.05) is 12.4 Å². The van der Waals surface area contributed by atoms with Crippen LogP contribution in [0.5, 0.6) is 5.75 Å². The number of ether oxygens (including phenoxy) is 1. The summed E-state index contributed by atoms with van der Waals surface area (Å²) in [6, 6.07) is 51.6. The highest BCUT2D eigenvalue weighted by Gasteiger charge is 2.36. The Hall–Kier alpha value is -4.61. The molecular formula is C40H43BN2OSi. The third kappa shape index (κ3) is 8.31. The first-order valence-electron chi connectivity index (χ1n) is 16.1. The average Bonchev–Trinajstić information content (AvgIpc) is 3.67. The van der Waals surface area contributed by atoms with Crippen molar-refractivity contribution < 1.29 is 4.74 Å². The van der Waals surface area contributed by atoms with Crippen LogP contribution in [0.4, 0.5) is 0 Å². The van der Waals surface area contributed by atoms with Gasteiger partial charge >= 0.3 is 0 Å². The van der Waals surface area contributed by atoms with Crippen molar-refractivity contribution in [1.29, 1.82) is 0 Å². The lowest BCUT2D eigenvalue weighted by molar-refractivity contribution is 0.306. The predicted octanol–water partition coefficient (Wildman–Crippen LogP) is 7.10. The Bertz CT molecular complexity index is 1580. The predicted molar refractivity (Wildman–Crippen MR) is 194 cm³/mol. The molecule has 0 aliphatic heterocycles. The van der Waals surface area contributed by atoms with E-state index in [-0.39, 0.29) is 5.16 Å². The summed E-state index contributed by atoms with van der Waals surface area (Å²) in [6.07, 6.45) is 9.45. The third-order valence-electron chi connectivity index (χ3n) is 8.42. The molecule has 0 fully saturated rings. The van der Waals surface area contributed by atoms with Gasteiger partial charge in [0.15, 0.2) is 0 Å². The summed E-state index contributed by atoms with van der Waals surface area (Å²) < 4.78 is 8.36. The third-order valence-corrected chi connectivity index (χ3v) is 11.0. The van der Waals surface area contributed by atoms with Crippen LogP contribution in [0.25, 0.3) is 0 Å². The summed E-state index contributed by atoms with van der Waals surface area (Å²) in [7, 11) is 1.36. The monoisotopic (exact) mass is 606 g/mol. The van der Waals surface area contributed by atoms with Gasteiger partial charge in [0.2, 0.25) is 0 Å². The Morgan fingerprint density at radius 3 is 1.78 bits per heavy atom. The van der Waals surface area contributed by atoms with Crippen molar-refractivity contribution in [1.82, 2.24) is 9.55 Å². The van der Waals surface area contributed by atoms with Gasteiger partial charge < -0.3 is 9.30 Å². The molecule has 3 nitrogen and oxygen atoms in total. The van der Waals surface area contributed by atoms with Gasteiger partial charge in [-0.25, -0.2) is 4.98 Å². The van der Waals surface area contributed by atoms with Crippen LogP contribution < -0.4 is 9.92 Å². The second-order valence-corrected chi connectivity index (χ2v) is 13.7. The van der Waals surface area contributed by atoms with Crippen LogP contribution >= 0.6 is 0 Å². The second kappa shape index (κ2) is 16.5. The number of hydrogen-bond donors (Lipinski definition) is 0. The zero-order chi connectivity index (χ0) is 31.2. The molecule has 0 atom stereocenters. The summed E-state index contributed by atoms with van der Waals surface area (Å²) in [4.78, 5) is 4.42. The van der Waals surface area contributed by atoms with E-state index in [1.165, 1.54) is 40.3 Å². The summed E-state index contributed by atoms with van der Waals surface area (Å²) in [5.74, 6) is 1.46. The topological polar surface area (TPSA) is 27.1 Å². The van der Waals surface area contributed by atoms with Crippen molar-refractivity contribution >= 4 is 22.6 Å². The standard InChI is InChI=1S/C27H30N2OSi.C13H13B/c1-2-3-10-20-30-25-16-11-17-26(21-25)31-27(29-19-18-28-22-29,23-12-6-4-7-13-23)24-14-8-5-9-15-24;14-13(11-7-3-1-4-8-11)12-9-5-2-6-10-12/h4-9,11-19,21-22H,2-3,10,20,31H2,1H3;1-10,13H,14H2. The van der Waals surface area contributed by atoms with Crippen molar-refractivity contribution in [2.24, 2.45) is 0 Å². The van der Waals surface area contributed by atoms with Crippen LogP contribution in [0, 0.1) is 0 Å². The first-order valence-corrected chi connectivity index (χ1v) is 17.5. The maximum Gasteiger partial charge on any atom is 0.119 e. The van der Waals surface area contributed by atoms with Gasteiger partial charge in [0.1, 0.15) is 13.6 Å². The van der Waals surface area contributed by atoms with Crippen LogP contribution in [0.2, 0.25) is 0 Å². The summed E-state index contributed by atoms with van der Waals surface area (Å²) in [6.45, 7) is 3.00. The highest BCUT2D eigenvalue weighted by Crippen LogP contribution is 2.33. The van der Waals surface area contributed by atoms with Gasteiger partial charge in [-0.1, -0.05) is 158 Å². The molecular weight excluding hydrogens is 563 g/mol. The van der Waals surface area contributed by atoms with E-state index in [2.05, 4.69) is 176 Å². The SMILES string of the molecule is BC(c1ccccc1)c1ccccc1.CCCCCOc1cccc([SiH2]C(c2ccccc2)(c2ccccc2)n2ccnc2)c1. The molecule has 1 aromatic heterocycles. The summed E-state index contributed by atoms with van der Waals surface area (Å²) in [5.41, 5.74) is 5.33. The number of benzene rings is 5. The van der Waals surface area contributed by atoms with Gasteiger partial charge in [-0.3, -0.25) is 0 Å². The van der Waals surface area contributed by atoms with E-state index in [9.17, 15) is 0 Å². The van der Waals surface area contributed by atoms with E-state index in [0.717, 1.165) is 18.8 Å². The van der Waals surface area contributed by atoms with Crippen molar-refractivity contribution in [2.75, 3.05) is 6.61 Å². The quantitative estimate of drug-likeness (QED) is 0.110. The largest absolute Gasteiger partial charge is 0.494 e. The highest BCUT2D eigenvalue weighted by molar-refractivity contribution is 6.57. The van der Waals surface area contributed by atoms with Crippen molar-refractivity contribution in [3.63, 3.8) is 0 Å². The van der Waals surface area contributed by atoms with Crippen LogP contribution in [0.3, 0.4) is 0 Å². The van der Waals surface area contributed by atoms with Crippen LogP contribution in [0.15, 0.2) is 164 Å². The lowest BCUT2D eigenvalue weighted by Gasteiger charge is -2.37. The van der Waals surface area contributed by atoms with Crippen LogP contribution in [-0.4, -0.2) is 33.5 Å². The number of unbranched alkanes of at least 4 members (excludes halogenated alkanes) is 2. The number of rotatable bonds is 12. The van der Waals surface area contributed by atoms with Gasteiger partial charge in [-0.2, -0.15) is 0 Å².